The summed E-state index contributed by atoms with van der Waals surface area (Å²) in [6, 6.07) is 18.3. The Morgan fingerprint density at radius 3 is 2.50 bits per heavy atom. The number of azo groups is 1. The number of nitrogens with two attached hydrogens (primary N) is 1. The van der Waals surface area contributed by atoms with Gasteiger partial charge in [-0.2, -0.15) is 15.0 Å². The third-order valence-corrected chi connectivity index (χ3v) is 5.53. The number of nitriles is 1. The van der Waals surface area contributed by atoms with Crippen LogP contribution in [0.4, 0.5) is 17.2 Å². The van der Waals surface area contributed by atoms with Crippen LogP contribution in [0.15, 0.2) is 89.5 Å². The fraction of sp³-hybridized carbons (Fsp3) is 0. The third kappa shape index (κ3) is 4.38. The number of hydrogen-bond acceptors (Lipinski definition) is 9. The maximum absolute atomic E-state index is 13.2. The molecule has 0 bridgehead atoms. The molecule has 5 rings (SSSR count). The fourth-order valence-electron chi connectivity index (χ4n) is 3.75. The molecule has 0 fully saturated rings. The lowest BCUT2D eigenvalue weighted by molar-refractivity contribution is 0.100. The molecule has 0 aliphatic heterocycles. The number of nitrogens with one attached hydrogen (secondary N) is 1. The van der Waals surface area contributed by atoms with Crippen molar-refractivity contribution in [1.29, 1.82) is 5.26 Å². The van der Waals surface area contributed by atoms with Crippen molar-refractivity contribution in [2.75, 3.05) is 5.32 Å². The number of nitrogens with zero attached hydrogens (tertiary/aromatic N) is 7. The highest BCUT2D eigenvalue weighted by atomic mass is 16.3. The number of carbonyl (C=O) groups excluding carboxylic acids is 2. The SMILES string of the molecule is N#Cc1cnn(-c2ncccn2)c1N=Nc1c(O)c(C(=O)Nc2ccccc2C(N)=O)cc2ccccc12. The zero-order valence-electron chi connectivity index (χ0n) is 19.5. The van der Waals surface area contributed by atoms with Crippen LogP contribution in [0.3, 0.4) is 0 Å². The van der Waals surface area contributed by atoms with Gasteiger partial charge in [0.25, 0.3) is 17.8 Å². The zero-order valence-corrected chi connectivity index (χ0v) is 19.5. The van der Waals surface area contributed by atoms with E-state index in [0.717, 1.165) is 0 Å². The van der Waals surface area contributed by atoms with Crippen molar-refractivity contribution >= 4 is 39.8 Å². The first-order valence-corrected chi connectivity index (χ1v) is 11.1. The van der Waals surface area contributed by atoms with Crippen LogP contribution in [0, 0.1) is 11.3 Å². The van der Waals surface area contributed by atoms with Gasteiger partial charge >= 0.3 is 0 Å². The highest BCUT2D eigenvalue weighted by Crippen LogP contribution is 2.40. The summed E-state index contributed by atoms with van der Waals surface area (Å²) in [5.74, 6) is -1.67. The molecule has 184 valence electrons. The van der Waals surface area contributed by atoms with E-state index in [0.29, 0.717) is 10.8 Å². The van der Waals surface area contributed by atoms with E-state index in [1.807, 2.05) is 6.07 Å². The second-order valence-corrected chi connectivity index (χ2v) is 7.86. The van der Waals surface area contributed by atoms with E-state index in [1.165, 1.54) is 41.5 Å². The van der Waals surface area contributed by atoms with E-state index in [1.54, 1.807) is 42.5 Å². The zero-order chi connectivity index (χ0) is 26.6. The van der Waals surface area contributed by atoms with Gasteiger partial charge in [-0.25, -0.2) is 9.97 Å². The van der Waals surface area contributed by atoms with Crippen molar-refractivity contribution in [2.45, 2.75) is 0 Å². The van der Waals surface area contributed by atoms with Gasteiger partial charge < -0.3 is 16.2 Å². The number of para-hydroxylation sites is 1. The number of fused-ring (bicyclic) bond motifs is 1. The Morgan fingerprint density at radius 2 is 1.74 bits per heavy atom. The summed E-state index contributed by atoms with van der Waals surface area (Å²) in [6.07, 6.45) is 4.31. The van der Waals surface area contributed by atoms with Crippen molar-refractivity contribution < 1.29 is 14.7 Å². The smallest absolute Gasteiger partial charge is 0.259 e. The highest BCUT2D eigenvalue weighted by molar-refractivity contribution is 6.13. The molecule has 0 aliphatic carbocycles. The van der Waals surface area contributed by atoms with Crippen molar-refractivity contribution in [3.63, 3.8) is 0 Å². The lowest BCUT2D eigenvalue weighted by atomic mass is 10.0. The molecular weight excluding hydrogens is 486 g/mol. The second kappa shape index (κ2) is 9.96. The molecule has 12 heteroatoms. The number of aromatic nitrogens is 4. The fourth-order valence-corrected chi connectivity index (χ4v) is 3.75. The molecule has 4 N–H and O–H groups in total. The molecule has 12 nitrogen and oxygen atoms in total. The molecule has 0 radical (unpaired) electrons. The molecule has 0 spiro atoms. The normalized spacial score (nSPS) is 10.9. The average Bonchev–Trinajstić information content (AvgIpc) is 3.35. The summed E-state index contributed by atoms with van der Waals surface area (Å²) >= 11 is 0. The highest BCUT2D eigenvalue weighted by Gasteiger charge is 2.21. The van der Waals surface area contributed by atoms with Gasteiger partial charge in [-0.05, 0) is 29.7 Å². The molecule has 3 aromatic carbocycles. The quantitative estimate of drug-likeness (QED) is 0.290. The summed E-state index contributed by atoms with van der Waals surface area (Å²) in [7, 11) is 0. The Balaban J connectivity index is 1.61. The molecular formula is C26H17N9O3. The third-order valence-electron chi connectivity index (χ3n) is 5.53. The number of phenolic OH excluding ortho intramolecular Hbond substituents is 1. The van der Waals surface area contributed by atoms with Gasteiger partial charge in [0.2, 0.25) is 0 Å². The van der Waals surface area contributed by atoms with E-state index in [9.17, 15) is 20.0 Å². The number of carbonyl (C=O) groups is 2. The number of anilines is 1. The van der Waals surface area contributed by atoms with E-state index in [-0.39, 0.29) is 39.8 Å². The summed E-state index contributed by atoms with van der Waals surface area (Å²) in [5.41, 5.74) is 5.69. The van der Waals surface area contributed by atoms with Crippen LogP contribution >= 0.6 is 0 Å². The van der Waals surface area contributed by atoms with Gasteiger partial charge in [0, 0.05) is 17.8 Å². The van der Waals surface area contributed by atoms with Gasteiger partial charge in [0.15, 0.2) is 11.6 Å². The van der Waals surface area contributed by atoms with Gasteiger partial charge in [0.1, 0.15) is 17.3 Å². The number of aromatic hydroxyl groups is 1. The molecule has 38 heavy (non-hydrogen) atoms. The first-order valence-electron chi connectivity index (χ1n) is 11.1. The standard InChI is InChI=1S/C26H17N9O3/c27-13-16-14-31-35(26-29-10-5-11-30-26)24(16)34-33-21-17-7-2-1-6-15(17)12-19(22(21)36)25(38)32-20-9-4-3-8-18(20)23(28)37/h1-12,14,36H,(H2,28,37)(H,32,38). The Kier molecular flexibility index (Phi) is 6.23. The summed E-state index contributed by atoms with van der Waals surface area (Å²) in [6.45, 7) is 0. The van der Waals surface area contributed by atoms with Crippen LogP contribution in [0.2, 0.25) is 0 Å². The average molecular weight is 503 g/mol. The van der Waals surface area contributed by atoms with Crippen molar-refractivity contribution in [3.8, 4) is 17.8 Å². The molecule has 0 saturated carbocycles. The van der Waals surface area contributed by atoms with Gasteiger partial charge in [-0.1, -0.05) is 36.4 Å². The van der Waals surface area contributed by atoms with E-state index in [4.69, 9.17) is 5.73 Å². The predicted molar refractivity (Wildman–Crippen MR) is 137 cm³/mol. The molecule has 0 saturated heterocycles. The monoisotopic (exact) mass is 503 g/mol. The number of rotatable bonds is 6. The number of benzene rings is 3. The molecule has 2 heterocycles. The van der Waals surface area contributed by atoms with Crippen LogP contribution in [0.5, 0.6) is 5.75 Å². The molecule has 5 aromatic rings. The van der Waals surface area contributed by atoms with Crippen LogP contribution in [0.25, 0.3) is 16.7 Å². The van der Waals surface area contributed by atoms with Crippen molar-refractivity contribution in [3.05, 3.63) is 95.9 Å². The van der Waals surface area contributed by atoms with Crippen LogP contribution in [-0.4, -0.2) is 36.7 Å². The van der Waals surface area contributed by atoms with Crippen LogP contribution < -0.4 is 11.1 Å². The number of phenols is 1. The predicted octanol–water partition coefficient (Wildman–Crippen LogP) is 4.16. The van der Waals surface area contributed by atoms with Gasteiger partial charge in [0.05, 0.1) is 23.0 Å². The second-order valence-electron chi connectivity index (χ2n) is 7.86. The molecule has 0 aliphatic rings. The minimum atomic E-state index is -0.717. The first-order chi connectivity index (χ1) is 18.5. The largest absolute Gasteiger partial charge is 0.505 e. The molecule has 2 aromatic heterocycles. The maximum atomic E-state index is 13.2. The Hall–Kier alpha value is -5.96. The van der Waals surface area contributed by atoms with Crippen molar-refractivity contribution in [1.82, 2.24) is 19.7 Å². The van der Waals surface area contributed by atoms with Crippen LogP contribution in [0.1, 0.15) is 26.3 Å². The Morgan fingerprint density at radius 1 is 1.00 bits per heavy atom. The maximum Gasteiger partial charge on any atom is 0.259 e. The lowest BCUT2D eigenvalue weighted by Gasteiger charge is -2.12. The lowest BCUT2D eigenvalue weighted by Crippen LogP contribution is -2.18. The van der Waals surface area contributed by atoms with Gasteiger partial charge in [-0.3, -0.25) is 9.59 Å². The minimum absolute atomic E-state index is 0.0120. The first kappa shape index (κ1) is 23.8. The summed E-state index contributed by atoms with van der Waals surface area (Å²) in [4.78, 5) is 33.2. The van der Waals surface area contributed by atoms with E-state index >= 15 is 0 Å². The number of hydrogen-bond donors (Lipinski definition) is 3. The number of primary amides is 1. The topological polar surface area (TPSA) is 185 Å². The minimum Gasteiger partial charge on any atom is -0.505 e. The molecule has 2 amide bonds. The molecule has 0 atom stereocenters. The van der Waals surface area contributed by atoms with E-state index < -0.39 is 17.6 Å². The van der Waals surface area contributed by atoms with Crippen LogP contribution in [-0.2, 0) is 0 Å². The number of amides is 2. The van der Waals surface area contributed by atoms with E-state index in [2.05, 4.69) is 30.6 Å². The Bertz CT molecular complexity index is 1770. The van der Waals surface area contributed by atoms with Gasteiger partial charge in [-0.15, -0.1) is 10.2 Å². The molecule has 0 unspecified atom stereocenters. The van der Waals surface area contributed by atoms with Crippen molar-refractivity contribution in [2.24, 2.45) is 16.0 Å². The summed E-state index contributed by atoms with van der Waals surface area (Å²) in [5, 5.41) is 36.9. The summed E-state index contributed by atoms with van der Waals surface area (Å²) < 4.78 is 1.23. The Labute approximate surface area is 214 Å².